The average molecular weight is 203 g/mol. The zero-order valence-corrected chi connectivity index (χ0v) is 9.11. The van der Waals surface area contributed by atoms with Crippen molar-refractivity contribution >= 4 is 0 Å². The largest absolute Gasteiger partial charge is 0.329 e. The first-order valence-electron chi connectivity index (χ1n) is 5.22. The minimum atomic E-state index is 0.655. The fourth-order valence-corrected chi connectivity index (χ4v) is 1.54. The van der Waals surface area contributed by atoms with Crippen molar-refractivity contribution < 1.29 is 0 Å². The van der Waals surface area contributed by atoms with E-state index in [9.17, 15) is 0 Å². The second-order valence-electron chi connectivity index (χ2n) is 3.43. The van der Waals surface area contributed by atoms with E-state index in [1.807, 2.05) is 24.3 Å². The molecule has 0 amide bonds. The Morgan fingerprint density at radius 1 is 1.40 bits per heavy atom. The van der Waals surface area contributed by atoms with E-state index < -0.39 is 0 Å². The fraction of sp³-hybridized carbons (Fsp3) is 0.417. The van der Waals surface area contributed by atoms with Crippen molar-refractivity contribution in [2.75, 3.05) is 19.6 Å². The summed E-state index contributed by atoms with van der Waals surface area (Å²) in [6, 6.07) is 9.91. The quantitative estimate of drug-likeness (QED) is 0.785. The van der Waals surface area contributed by atoms with Crippen LogP contribution in [0, 0.1) is 11.3 Å². The summed E-state index contributed by atoms with van der Waals surface area (Å²) in [7, 11) is 0. The van der Waals surface area contributed by atoms with Crippen LogP contribution in [0.1, 0.15) is 18.1 Å². The molecule has 80 valence electrons. The van der Waals surface area contributed by atoms with Crippen LogP contribution in [0.15, 0.2) is 24.3 Å². The van der Waals surface area contributed by atoms with Gasteiger partial charge in [-0.3, -0.25) is 4.90 Å². The van der Waals surface area contributed by atoms with E-state index >= 15 is 0 Å². The standard InChI is InChI=1S/C12H17N3/c1-2-15(8-7-13)10-12-6-4-3-5-11(12)9-14/h3-6H,2,7-8,10,13H2,1H3. The summed E-state index contributed by atoms with van der Waals surface area (Å²) in [6.45, 7) is 5.39. The fourth-order valence-electron chi connectivity index (χ4n) is 1.54. The van der Waals surface area contributed by atoms with Crippen molar-refractivity contribution in [1.29, 1.82) is 5.26 Å². The Bertz CT molecular complexity index is 341. The van der Waals surface area contributed by atoms with Gasteiger partial charge in [0.25, 0.3) is 0 Å². The minimum Gasteiger partial charge on any atom is -0.329 e. The first kappa shape index (κ1) is 11.7. The molecule has 0 heterocycles. The molecule has 0 bridgehead atoms. The number of hydrogen-bond donors (Lipinski definition) is 1. The highest BCUT2D eigenvalue weighted by atomic mass is 15.1. The molecular formula is C12H17N3. The van der Waals surface area contributed by atoms with Crippen molar-refractivity contribution in [2.45, 2.75) is 13.5 Å². The summed E-state index contributed by atoms with van der Waals surface area (Å²) >= 11 is 0. The molecule has 0 aliphatic heterocycles. The van der Waals surface area contributed by atoms with Gasteiger partial charge in [0.05, 0.1) is 11.6 Å². The first-order chi connectivity index (χ1) is 7.31. The Hall–Kier alpha value is -1.37. The van der Waals surface area contributed by atoms with Crippen molar-refractivity contribution in [2.24, 2.45) is 5.73 Å². The number of benzene rings is 1. The molecule has 1 aromatic carbocycles. The number of likely N-dealkylation sites (N-methyl/N-ethyl adjacent to an activating group) is 1. The molecule has 0 aliphatic carbocycles. The van der Waals surface area contributed by atoms with Gasteiger partial charge in [0.1, 0.15) is 0 Å². The van der Waals surface area contributed by atoms with E-state index in [1.165, 1.54) is 0 Å². The number of nitrogens with zero attached hydrogens (tertiary/aromatic N) is 2. The van der Waals surface area contributed by atoms with Crippen molar-refractivity contribution in [3.8, 4) is 6.07 Å². The van der Waals surface area contributed by atoms with E-state index in [1.54, 1.807) is 0 Å². The predicted molar refractivity (Wildman–Crippen MR) is 61.2 cm³/mol. The number of rotatable bonds is 5. The Kier molecular flexibility index (Phi) is 4.82. The SMILES string of the molecule is CCN(CCN)Cc1ccccc1C#N. The van der Waals surface area contributed by atoms with Crippen molar-refractivity contribution in [1.82, 2.24) is 4.90 Å². The van der Waals surface area contributed by atoms with Crippen LogP contribution in [0.5, 0.6) is 0 Å². The van der Waals surface area contributed by atoms with E-state index in [-0.39, 0.29) is 0 Å². The molecule has 0 aliphatic rings. The van der Waals surface area contributed by atoms with E-state index in [2.05, 4.69) is 17.9 Å². The van der Waals surface area contributed by atoms with Crippen LogP contribution in [0.25, 0.3) is 0 Å². The molecular weight excluding hydrogens is 186 g/mol. The first-order valence-corrected chi connectivity index (χ1v) is 5.22. The normalized spacial score (nSPS) is 10.3. The third-order valence-electron chi connectivity index (χ3n) is 2.42. The zero-order chi connectivity index (χ0) is 11.1. The molecule has 3 heteroatoms. The predicted octanol–water partition coefficient (Wildman–Crippen LogP) is 1.34. The second kappa shape index (κ2) is 6.18. The lowest BCUT2D eigenvalue weighted by Gasteiger charge is -2.19. The Labute approximate surface area is 91.1 Å². The molecule has 1 aromatic rings. The maximum atomic E-state index is 8.94. The Balaban J connectivity index is 2.74. The molecule has 0 unspecified atom stereocenters. The van der Waals surface area contributed by atoms with Gasteiger partial charge in [-0.1, -0.05) is 25.1 Å². The Morgan fingerprint density at radius 2 is 2.13 bits per heavy atom. The van der Waals surface area contributed by atoms with Gasteiger partial charge in [-0.25, -0.2) is 0 Å². The maximum Gasteiger partial charge on any atom is 0.0995 e. The van der Waals surface area contributed by atoms with Crippen LogP contribution in [0.2, 0.25) is 0 Å². The smallest absolute Gasteiger partial charge is 0.0995 e. The van der Waals surface area contributed by atoms with Crippen LogP contribution in [0.3, 0.4) is 0 Å². The highest BCUT2D eigenvalue weighted by molar-refractivity contribution is 5.37. The number of hydrogen-bond acceptors (Lipinski definition) is 3. The molecule has 0 saturated carbocycles. The molecule has 2 N–H and O–H groups in total. The number of nitriles is 1. The number of nitrogens with two attached hydrogens (primary N) is 1. The van der Waals surface area contributed by atoms with Gasteiger partial charge in [-0.15, -0.1) is 0 Å². The highest BCUT2D eigenvalue weighted by Gasteiger charge is 2.05. The van der Waals surface area contributed by atoms with Gasteiger partial charge in [-0.05, 0) is 18.2 Å². The second-order valence-corrected chi connectivity index (χ2v) is 3.43. The van der Waals surface area contributed by atoms with Gasteiger partial charge in [-0.2, -0.15) is 5.26 Å². The monoisotopic (exact) mass is 203 g/mol. The van der Waals surface area contributed by atoms with Crippen LogP contribution < -0.4 is 5.73 Å². The summed E-state index contributed by atoms with van der Waals surface area (Å²) in [5, 5.41) is 8.94. The van der Waals surface area contributed by atoms with Crippen LogP contribution in [0.4, 0.5) is 0 Å². The molecule has 0 atom stereocenters. The maximum absolute atomic E-state index is 8.94. The molecule has 3 nitrogen and oxygen atoms in total. The highest BCUT2D eigenvalue weighted by Crippen LogP contribution is 2.10. The van der Waals surface area contributed by atoms with Gasteiger partial charge in [0.15, 0.2) is 0 Å². The topological polar surface area (TPSA) is 53.0 Å². The van der Waals surface area contributed by atoms with E-state index in [0.29, 0.717) is 6.54 Å². The molecule has 0 radical (unpaired) electrons. The molecule has 0 fully saturated rings. The van der Waals surface area contributed by atoms with Gasteiger partial charge in [0.2, 0.25) is 0 Å². The van der Waals surface area contributed by atoms with Gasteiger partial charge >= 0.3 is 0 Å². The summed E-state index contributed by atoms with van der Waals surface area (Å²) in [6.07, 6.45) is 0. The van der Waals surface area contributed by atoms with E-state index in [0.717, 1.165) is 30.8 Å². The molecule has 15 heavy (non-hydrogen) atoms. The van der Waals surface area contributed by atoms with Crippen LogP contribution in [-0.4, -0.2) is 24.5 Å². The zero-order valence-electron chi connectivity index (χ0n) is 9.11. The molecule has 1 rings (SSSR count). The average Bonchev–Trinajstić information content (AvgIpc) is 2.29. The summed E-state index contributed by atoms with van der Waals surface area (Å²) in [5.41, 5.74) is 7.36. The lowest BCUT2D eigenvalue weighted by atomic mass is 10.1. The third-order valence-corrected chi connectivity index (χ3v) is 2.42. The summed E-state index contributed by atoms with van der Waals surface area (Å²) < 4.78 is 0. The lowest BCUT2D eigenvalue weighted by molar-refractivity contribution is 0.288. The van der Waals surface area contributed by atoms with E-state index in [4.69, 9.17) is 11.0 Å². The summed E-state index contributed by atoms with van der Waals surface area (Å²) in [5.74, 6) is 0. The van der Waals surface area contributed by atoms with Gasteiger partial charge in [0, 0.05) is 19.6 Å². The van der Waals surface area contributed by atoms with Crippen LogP contribution in [-0.2, 0) is 6.54 Å². The lowest BCUT2D eigenvalue weighted by Crippen LogP contribution is -2.29. The van der Waals surface area contributed by atoms with Crippen molar-refractivity contribution in [3.05, 3.63) is 35.4 Å². The van der Waals surface area contributed by atoms with Gasteiger partial charge < -0.3 is 5.73 Å². The molecule has 0 aromatic heterocycles. The van der Waals surface area contributed by atoms with Crippen LogP contribution >= 0.6 is 0 Å². The molecule has 0 spiro atoms. The molecule has 0 saturated heterocycles. The summed E-state index contributed by atoms with van der Waals surface area (Å²) in [4.78, 5) is 2.23. The van der Waals surface area contributed by atoms with Crippen molar-refractivity contribution in [3.63, 3.8) is 0 Å². The Morgan fingerprint density at radius 3 is 2.73 bits per heavy atom. The minimum absolute atomic E-state index is 0.655. The third kappa shape index (κ3) is 3.35.